The van der Waals surface area contributed by atoms with Gasteiger partial charge in [0.25, 0.3) is 5.91 Å². The van der Waals surface area contributed by atoms with Crippen LogP contribution in [0.3, 0.4) is 0 Å². The van der Waals surface area contributed by atoms with E-state index in [1.807, 2.05) is 54.6 Å². The summed E-state index contributed by atoms with van der Waals surface area (Å²) in [6, 6.07) is 17.4. The molecule has 2 rings (SSSR count). The van der Waals surface area contributed by atoms with Gasteiger partial charge in [-0.2, -0.15) is 0 Å². The third kappa shape index (κ3) is 4.25. The lowest BCUT2D eigenvalue weighted by Crippen LogP contribution is -2.24. The molecule has 0 aliphatic carbocycles. The zero-order valence-electron chi connectivity index (χ0n) is 11.1. The van der Waals surface area contributed by atoms with Gasteiger partial charge >= 0.3 is 0 Å². The van der Waals surface area contributed by atoms with Crippen LogP contribution in [-0.4, -0.2) is 17.9 Å². The molecule has 0 saturated heterocycles. The number of benzene rings is 2. The van der Waals surface area contributed by atoms with Gasteiger partial charge in [-0.1, -0.05) is 52.2 Å². The predicted octanol–water partition coefficient (Wildman–Crippen LogP) is 3.46. The maximum absolute atomic E-state index is 11.9. The van der Waals surface area contributed by atoms with Gasteiger partial charge in [0, 0.05) is 29.5 Å². The lowest BCUT2D eigenvalue weighted by atomic mass is 10.2. The van der Waals surface area contributed by atoms with E-state index < -0.39 is 0 Å². The molecule has 3 heteroatoms. The Balaban J connectivity index is 2.01. The topological polar surface area (TPSA) is 20.3 Å². The molecule has 0 aliphatic heterocycles. The van der Waals surface area contributed by atoms with E-state index in [9.17, 15) is 4.79 Å². The van der Waals surface area contributed by atoms with Crippen LogP contribution in [0.4, 0.5) is 0 Å². The molecule has 0 unspecified atom stereocenters. The number of hydrogen-bond acceptors (Lipinski definition) is 1. The standard InChI is InChI=1S/C17H14BrNO/c1-19(13-15-8-5-9-16(18)12-15)17(20)11-10-14-6-3-2-4-7-14/h2-9,12H,13H2,1H3. The summed E-state index contributed by atoms with van der Waals surface area (Å²) in [5.41, 5.74) is 1.91. The molecule has 0 saturated carbocycles. The first kappa shape index (κ1) is 14.4. The molecule has 0 aromatic heterocycles. The summed E-state index contributed by atoms with van der Waals surface area (Å²) in [5, 5.41) is 0. The molecule has 2 aromatic rings. The largest absolute Gasteiger partial charge is 0.331 e. The molecule has 0 atom stereocenters. The van der Waals surface area contributed by atoms with E-state index in [-0.39, 0.29) is 5.91 Å². The van der Waals surface area contributed by atoms with Crippen molar-refractivity contribution in [3.05, 3.63) is 70.2 Å². The van der Waals surface area contributed by atoms with Gasteiger partial charge < -0.3 is 4.90 Å². The SMILES string of the molecule is CN(Cc1cccc(Br)c1)C(=O)C#Cc1ccccc1. The van der Waals surface area contributed by atoms with Gasteiger partial charge in [0.1, 0.15) is 0 Å². The third-order valence-electron chi connectivity index (χ3n) is 2.74. The molecule has 2 aromatic carbocycles. The number of amides is 1. The summed E-state index contributed by atoms with van der Waals surface area (Å²) in [7, 11) is 1.75. The van der Waals surface area contributed by atoms with Gasteiger partial charge in [-0.05, 0) is 29.8 Å². The van der Waals surface area contributed by atoms with Gasteiger partial charge in [0.05, 0.1) is 0 Å². The molecule has 0 N–H and O–H groups in total. The number of halogens is 1. The Kier molecular flexibility index (Phi) is 4.97. The number of nitrogens with zero attached hydrogens (tertiary/aromatic N) is 1. The Morgan fingerprint density at radius 1 is 1.15 bits per heavy atom. The average molecular weight is 328 g/mol. The fraction of sp³-hybridized carbons (Fsp3) is 0.118. The second-order valence-corrected chi connectivity index (χ2v) is 5.32. The summed E-state index contributed by atoms with van der Waals surface area (Å²) in [6.45, 7) is 0.543. The Morgan fingerprint density at radius 3 is 2.60 bits per heavy atom. The first-order chi connectivity index (χ1) is 9.65. The normalized spacial score (nSPS) is 9.50. The van der Waals surface area contributed by atoms with E-state index in [1.54, 1.807) is 11.9 Å². The molecule has 0 radical (unpaired) electrons. The molecule has 0 spiro atoms. The van der Waals surface area contributed by atoms with E-state index in [0.29, 0.717) is 6.54 Å². The van der Waals surface area contributed by atoms with E-state index in [1.165, 1.54) is 0 Å². The lowest BCUT2D eigenvalue weighted by molar-refractivity contribution is -0.124. The van der Waals surface area contributed by atoms with Gasteiger partial charge in [-0.25, -0.2) is 0 Å². The first-order valence-electron chi connectivity index (χ1n) is 6.22. The smallest absolute Gasteiger partial charge is 0.298 e. The lowest BCUT2D eigenvalue weighted by Gasteiger charge is -2.13. The molecule has 2 nitrogen and oxygen atoms in total. The highest BCUT2D eigenvalue weighted by Gasteiger charge is 2.06. The van der Waals surface area contributed by atoms with Crippen LogP contribution in [0.25, 0.3) is 0 Å². The average Bonchev–Trinajstić information content (AvgIpc) is 2.46. The van der Waals surface area contributed by atoms with Crippen molar-refractivity contribution in [3.63, 3.8) is 0 Å². The zero-order chi connectivity index (χ0) is 14.4. The Morgan fingerprint density at radius 2 is 1.90 bits per heavy atom. The summed E-state index contributed by atoms with van der Waals surface area (Å²) in [6.07, 6.45) is 0. The fourth-order valence-corrected chi connectivity index (χ4v) is 2.17. The first-order valence-corrected chi connectivity index (χ1v) is 7.01. The molecule has 0 fully saturated rings. The second-order valence-electron chi connectivity index (χ2n) is 4.41. The maximum atomic E-state index is 11.9. The van der Waals surface area contributed by atoms with Crippen LogP contribution < -0.4 is 0 Å². The molecule has 100 valence electrons. The fourth-order valence-electron chi connectivity index (χ4n) is 1.72. The van der Waals surface area contributed by atoms with Crippen molar-refractivity contribution in [1.29, 1.82) is 0 Å². The van der Waals surface area contributed by atoms with E-state index in [2.05, 4.69) is 27.8 Å². The minimum Gasteiger partial charge on any atom is -0.331 e. The Hall–Kier alpha value is -2.05. The van der Waals surface area contributed by atoms with Gasteiger partial charge in [-0.15, -0.1) is 0 Å². The molecule has 0 bridgehead atoms. The summed E-state index contributed by atoms with van der Waals surface area (Å²) in [5.74, 6) is 5.34. The van der Waals surface area contributed by atoms with Crippen LogP contribution in [0.5, 0.6) is 0 Å². The van der Waals surface area contributed by atoms with Gasteiger partial charge in [0.2, 0.25) is 0 Å². The minimum absolute atomic E-state index is 0.186. The number of carbonyl (C=O) groups excluding carboxylic acids is 1. The van der Waals surface area contributed by atoms with Crippen molar-refractivity contribution in [2.75, 3.05) is 7.05 Å². The summed E-state index contributed by atoms with van der Waals surface area (Å²) >= 11 is 3.42. The minimum atomic E-state index is -0.186. The Bertz CT molecular complexity index is 655. The monoisotopic (exact) mass is 327 g/mol. The van der Waals surface area contributed by atoms with Crippen molar-refractivity contribution >= 4 is 21.8 Å². The highest BCUT2D eigenvalue weighted by Crippen LogP contribution is 2.12. The molecular formula is C17H14BrNO. The van der Waals surface area contributed by atoms with Gasteiger partial charge in [0.15, 0.2) is 0 Å². The van der Waals surface area contributed by atoms with Crippen LogP contribution in [0.1, 0.15) is 11.1 Å². The van der Waals surface area contributed by atoms with E-state index >= 15 is 0 Å². The van der Waals surface area contributed by atoms with Crippen molar-refractivity contribution in [3.8, 4) is 11.8 Å². The van der Waals surface area contributed by atoms with E-state index in [0.717, 1.165) is 15.6 Å². The van der Waals surface area contributed by atoms with Crippen molar-refractivity contribution in [2.45, 2.75) is 6.54 Å². The highest BCUT2D eigenvalue weighted by molar-refractivity contribution is 9.10. The third-order valence-corrected chi connectivity index (χ3v) is 3.24. The molecule has 0 heterocycles. The van der Waals surface area contributed by atoms with Crippen LogP contribution >= 0.6 is 15.9 Å². The summed E-state index contributed by atoms with van der Waals surface area (Å²) in [4.78, 5) is 13.6. The van der Waals surface area contributed by atoms with Gasteiger partial charge in [-0.3, -0.25) is 4.79 Å². The second kappa shape index (κ2) is 6.93. The van der Waals surface area contributed by atoms with Crippen molar-refractivity contribution < 1.29 is 4.79 Å². The zero-order valence-corrected chi connectivity index (χ0v) is 12.7. The number of carbonyl (C=O) groups is 1. The van der Waals surface area contributed by atoms with Crippen LogP contribution in [0.15, 0.2) is 59.1 Å². The van der Waals surface area contributed by atoms with Crippen molar-refractivity contribution in [1.82, 2.24) is 4.90 Å². The van der Waals surface area contributed by atoms with Crippen LogP contribution in [-0.2, 0) is 11.3 Å². The highest BCUT2D eigenvalue weighted by atomic mass is 79.9. The molecular weight excluding hydrogens is 314 g/mol. The molecule has 1 amide bonds. The van der Waals surface area contributed by atoms with Crippen molar-refractivity contribution in [2.24, 2.45) is 0 Å². The molecule has 0 aliphatic rings. The number of rotatable bonds is 2. The number of hydrogen-bond donors (Lipinski definition) is 0. The molecule has 20 heavy (non-hydrogen) atoms. The quantitative estimate of drug-likeness (QED) is 0.773. The van der Waals surface area contributed by atoms with Crippen LogP contribution in [0, 0.1) is 11.8 Å². The maximum Gasteiger partial charge on any atom is 0.298 e. The predicted molar refractivity (Wildman–Crippen MR) is 83.9 cm³/mol. The van der Waals surface area contributed by atoms with E-state index in [4.69, 9.17) is 0 Å². The summed E-state index contributed by atoms with van der Waals surface area (Å²) < 4.78 is 1.01. The van der Waals surface area contributed by atoms with Crippen LogP contribution in [0.2, 0.25) is 0 Å². The Labute approximate surface area is 127 Å².